The number of sulfonamides is 1. The number of esters is 1. The van der Waals surface area contributed by atoms with Crippen LogP contribution in [0.4, 0.5) is 11.4 Å². The molecule has 3 rings (SSSR count). The summed E-state index contributed by atoms with van der Waals surface area (Å²) in [5, 5.41) is 2.83. The van der Waals surface area contributed by atoms with Gasteiger partial charge in [0, 0.05) is 5.69 Å². The van der Waals surface area contributed by atoms with E-state index in [1.54, 1.807) is 26.0 Å². The van der Waals surface area contributed by atoms with E-state index in [-0.39, 0.29) is 28.0 Å². The van der Waals surface area contributed by atoms with Crippen molar-refractivity contribution in [2.75, 3.05) is 37.0 Å². The molecule has 0 aromatic heterocycles. The molecule has 0 fully saturated rings. The molecule has 0 radical (unpaired) electrons. The molecule has 0 unspecified atom stereocenters. The molecule has 0 heterocycles. The normalized spacial score (nSPS) is 10.9. The number of methoxy groups -OCH3 is 2. The van der Waals surface area contributed by atoms with E-state index in [0.29, 0.717) is 22.6 Å². The molecule has 0 saturated heterocycles. The van der Waals surface area contributed by atoms with E-state index < -0.39 is 28.4 Å². The Balaban J connectivity index is 1.96. The van der Waals surface area contributed by atoms with Crippen LogP contribution in [0.1, 0.15) is 22.8 Å². The number of nitrogens with zero attached hydrogens (tertiary/aromatic N) is 1. The third-order valence-corrected chi connectivity index (χ3v) is 7.37. The lowest BCUT2D eigenvalue weighted by Crippen LogP contribution is -2.38. The highest BCUT2D eigenvalue weighted by Gasteiger charge is 2.31. The largest absolute Gasteiger partial charge is 0.495 e. The van der Waals surface area contributed by atoms with Gasteiger partial charge in [-0.1, -0.05) is 17.7 Å². The minimum absolute atomic E-state index is 0.103. The minimum atomic E-state index is -4.28. The van der Waals surface area contributed by atoms with Crippen LogP contribution in [0.15, 0.2) is 65.6 Å². The van der Waals surface area contributed by atoms with Gasteiger partial charge in [0.15, 0.2) is 0 Å². The Morgan fingerprint density at radius 3 is 2.19 bits per heavy atom. The number of hydrogen-bond donors (Lipinski definition) is 1. The lowest BCUT2D eigenvalue weighted by molar-refractivity contribution is -0.114. The molecule has 3 aromatic carbocycles. The molecule has 0 aliphatic rings. The Morgan fingerprint density at radius 2 is 1.59 bits per heavy atom. The lowest BCUT2D eigenvalue weighted by atomic mass is 10.2. The Morgan fingerprint density at radius 1 is 0.946 bits per heavy atom. The van der Waals surface area contributed by atoms with Crippen molar-refractivity contribution < 1.29 is 32.2 Å². The standard InChI is InChI=1S/C26H27ClN2O7S/c1-5-36-26(31)18-7-9-19(10-8-18)28-25(30)16-29(20-11-13-22(34-3)21(27)15-20)37(32,33)24-14-17(2)6-12-23(24)35-4/h6-15H,5,16H2,1-4H3,(H,28,30). The number of carbonyl (C=O) groups excluding carboxylic acids is 2. The number of aryl methyl sites for hydroxylation is 1. The highest BCUT2D eigenvalue weighted by atomic mass is 35.5. The second kappa shape index (κ2) is 12.0. The van der Waals surface area contributed by atoms with Gasteiger partial charge in [0.05, 0.1) is 37.1 Å². The second-order valence-electron chi connectivity index (χ2n) is 7.83. The van der Waals surface area contributed by atoms with Crippen molar-refractivity contribution in [3.63, 3.8) is 0 Å². The first-order valence-corrected chi connectivity index (χ1v) is 13.0. The van der Waals surface area contributed by atoms with Crippen LogP contribution in [0, 0.1) is 6.92 Å². The van der Waals surface area contributed by atoms with Crippen LogP contribution in [0.5, 0.6) is 11.5 Å². The van der Waals surface area contributed by atoms with Crippen LogP contribution in [-0.4, -0.2) is 47.7 Å². The van der Waals surface area contributed by atoms with Crippen molar-refractivity contribution in [2.24, 2.45) is 0 Å². The van der Waals surface area contributed by atoms with Crippen LogP contribution in [0.2, 0.25) is 5.02 Å². The second-order valence-corrected chi connectivity index (χ2v) is 10.1. The number of rotatable bonds is 10. The number of carbonyl (C=O) groups is 2. The van der Waals surface area contributed by atoms with Crippen LogP contribution < -0.4 is 19.1 Å². The van der Waals surface area contributed by atoms with Crippen LogP contribution >= 0.6 is 11.6 Å². The fourth-order valence-electron chi connectivity index (χ4n) is 3.46. The average Bonchev–Trinajstić information content (AvgIpc) is 2.87. The van der Waals surface area contributed by atoms with Crippen molar-refractivity contribution in [1.29, 1.82) is 0 Å². The zero-order chi connectivity index (χ0) is 27.2. The highest BCUT2D eigenvalue weighted by molar-refractivity contribution is 7.93. The summed E-state index contributed by atoms with van der Waals surface area (Å²) < 4.78 is 44.0. The van der Waals surface area contributed by atoms with E-state index in [2.05, 4.69) is 5.32 Å². The maximum atomic E-state index is 13.8. The molecule has 0 spiro atoms. The number of ether oxygens (including phenoxy) is 3. The number of hydrogen-bond acceptors (Lipinski definition) is 7. The number of benzene rings is 3. The highest BCUT2D eigenvalue weighted by Crippen LogP contribution is 2.34. The Kier molecular flexibility index (Phi) is 9.01. The van der Waals surface area contributed by atoms with E-state index in [9.17, 15) is 18.0 Å². The average molecular weight is 547 g/mol. The zero-order valence-electron chi connectivity index (χ0n) is 20.8. The monoisotopic (exact) mass is 546 g/mol. The Bertz CT molecular complexity index is 1390. The quantitative estimate of drug-likeness (QED) is 0.368. The maximum absolute atomic E-state index is 13.8. The Hall–Kier alpha value is -3.76. The summed E-state index contributed by atoms with van der Waals surface area (Å²) in [6.45, 7) is 3.12. The van der Waals surface area contributed by atoms with Crippen LogP contribution in [-0.2, 0) is 19.6 Å². The van der Waals surface area contributed by atoms with Gasteiger partial charge >= 0.3 is 5.97 Å². The fourth-order valence-corrected chi connectivity index (χ4v) is 5.37. The fraction of sp³-hybridized carbons (Fsp3) is 0.231. The van der Waals surface area contributed by atoms with Crippen molar-refractivity contribution in [1.82, 2.24) is 0 Å². The van der Waals surface area contributed by atoms with Gasteiger partial charge < -0.3 is 19.5 Å². The molecule has 0 atom stereocenters. The van der Waals surface area contributed by atoms with E-state index in [1.165, 1.54) is 62.8 Å². The van der Waals surface area contributed by atoms with E-state index in [0.717, 1.165) is 4.31 Å². The SMILES string of the molecule is CCOC(=O)c1ccc(NC(=O)CN(c2ccc(OC)c(Cl)c2)S(=O)(=O)c2cc(C)ccc2OC)cc1. The maximum Gasteiger partial charge on any atom is 0.338 e. The first-order valence-electron chi connectivity index (χ1n) is 11.2. The Labute approximate surface area is 221 Å². The molecule has 1 amide bonds. The predicted molar refractivity (Wildman–Crippen MR) is 141 cm³/mol. The molecule has 1 N–H and O–H groups in total. The summed E-state index contributed by atoms with van der Waals surface area (Å²) in [7, 11) is -1.48. The number of anilines is 2. The van der Waals surface area contributed by atoms with Crippen molar-refractivity contribution >= 4 is 44.9 Å². The topological polar surface area (TPSA) is 111 Å². The number of halogens is 1. The molecule has 11 heteroatoms. The third-order valence-electron chi connectivity index (χ3n) is 5.28. The summed E-state index contributed by atoms with van der Waals surface area (Å²) in [5.41, 5.74) is 1.54. The zero-order valence-corrected chi connectivity index (χ0v) is 22.4. The van der Waals surface area contributed by atoms with E-state index in [4.69, 9.17) is 25.8 Å². The van der Waals surface area contributed by atoms with Gasteiger partial charge in [-0.2, -0.15) is 0 Å². The number of nitrogens with one attached hydrogen (secondary N) is 1. The van der Waals surface area contributed by atoms with Gasteiger partial charge in [0.25, 0.3) is 10.0 Å². The molecule has 9 nitrogen and oxygen atoms in total. The molecule has 0 aliphatic carbocycles. The van der Waals surface area contributed by atoms with Crippen LogP contribution in [0.3, 0.4) is 0 Å². The summed E-state index contributed by atoms with van der Waals surface area (Å²) in [6.07, 6.45) is 0. The summed E-state index contributed by atoms with van der Waals surface area (Å²) in [5.74, 6) is -0.626. The van der Waals surface area contributed by atoms with E-state index >= 15 is 0 Å². The van der Waals surface area contributed by atoms with E-state index in [1.807, 2.05) is 0 Å². The first kappa shape index (κ1) is 27.8. The van der Waals surface area contributed by atoms with Crippen molar-refractivity contribution in [3.8, 4) is 11.5 Å². The molecule has 3 aromatic rings. The molecule has 0 saturated carbocycles. The van der Waals surface area contributed by atoms with Gasteiger partial charge in [-0.25, -0.2) is 13.2 Å². The molecule has 0 aliphatic heterocycles. The molecule has 0 bridgehead atoms. The molecular weight excluding hydrogens is 520 g/mol. The third kappa shape index (κ3) is 6.52. The van der Waals surface area contributed by atoms with Gasteiger partial charge in [-0.15, -0.1) is 0 Å². The van der Waals surface area contributed by atoms with Crippen LogP contribution in [0.25, 0.3) is 0 Å². The van der Waals surface area contributed by atoms with Crippen molar-refractivity contribution in [2.45, 2.75) is 18.7 Å². The summed E-state index contributed by atoms with van der Waals surface area (Å²) in [4.78, 5) is 24.8. The number of amides is 1. The summed E-state index contributed by atoms with van der Waals surface area (Å²) >= 11 is 6.27. The van der Waals surface area contributed by atoms with Gasteiger partial charge in [0.1, 0.15) is 22.9 Å². The van der Waals surface area contributed by atoms with Gasteiger partial charge in [0.2, 0.25) is 5.91 Å². The lowest BCUT2D eigenvalue weighted by Gasteiger charge is -2.25. The summed E-state index contributed by atoms with van der Waals surface area (Å²) in [6, 6.07) is 15.2. The van der Waals surface area contributed by atoms with Gasteiger partial charge in [-0.05, 0) is 74.0 Å². The molecule has 37 heavy (non-hydrogen) atoms. The van der Waals surface area contributed by atoms with Crippen molar-refractivity contribution in [3.05, 3.63) is 76.8 Å². The first-order chi connectivity index (χ1) is 17.6. The molecular formula is C26H27ClN2O7S. The smallest absolute Gasteiger partial charge is 0.338 e. The van der Waals surface area contributed by atoms with Gasteiger partial charge in [-0.3, -0.25) is 9.10 Å². The predicted octanol–water partition coefficient (Wildman–Crippen LogP) is 4.68. The molecule has 196 valence electrons. The minimum Gasteiger partial charge on any atom is -0.495 e.